The topological polar surface area (TPSA) is 213 Å². The van der Waals surface area contributed by atoms with E-state index in [1.807, 2.05) is 66.0 Å². The van der Waals surface area contributed by atoms with Crippen molar-refractivity contribution in [1.82, 2.24) is 35.7 Å². The molecular formula is C44H57N7O9S2. The molecule has 3 heterocycles. The van der Waals surface area contributed by atoms with E-state index in [1.165, 1.54) is 11.3 Å². The third kappa shape index (κ3) is 18.9. The number of alkyl carbamates (subject to hydrolysis) is 1. The number of benzene rings is 2. The Labute approximate surface area is 370 Å². The van der Waals surface area contributed by atoms with Gasteiger partial charge in [-0.05, 0) is 43.2 Å². The first-order valence-corrected chi connectivity index (χ1v) is 22.2. The van der Waals surface area contributed by atoms with Gasteiger partial charge in [0.05, 0.1) is 40.8 Å². The predicted octanol–water partition coefficient (Wildman–Crippen LogP) is 5.71. The lowest BCUT2D eigenvalue weighted by Crippen LogP contribution is -2.54. The predicted molar refractivity (Wildman–Crippen MR) is 237 cm³/mol. The molecule has 1 aliphatic heterocycles. The Balaban J connectivity index is 0.000000959. The SMILES string of the molecule is CC(C)c1nc(CN(C)C(=O)NC(CCN2CCOCC2)C(=O)NC(CCC(Cc2ccccc2)NC(=O)OCc2cncs2)Cc2ccccc2)cs1.O=C(O)/C=C/C(=O)O. The fraction of sp³-hybridized carbons (Fsp3) is 0.432. The zero-order valence-electron chi connectivity index (χ0n) is 35.3. The number of aliphatic carboxylic acids is 2. The quantitative estimate of drug-likeness (QED) is 0.0637. The van der Waals surface area contributed by atoms with Crippen LogP contribution in [0.1, 0.15) is 65.7 Å². The van der Waals surface area contributed by atoms with Crippen molar-refractivity contribution in [1.29, 1.82) is 0 Å². The zero-order valence-corrected chi connectivity index (χ0v) is 36.9. The van der Waals surface area contributed by atoms with E-state index in [4.69, 9.17) is 19.7 Å². The van der Waals surface area contributed by atoms with Crippen molar-refractivity contribution >= 4 is 52.6 Å². The van der Waals surface area contributed by atoms with E-state index in [-0.39, 0.29) is 30.6 Å². The van der Waals surface area contributed by atoms with Gasteiger partial charge in [0, 0.05) is 68.4 Å². The van der Waals surface area contributed by atoms with Crippen LogP contribution in [0.2, 0.25) is 0 Å². The number of nitrogens with one attached hydrogen (secondary N) is 3. The maximum absolute atomic E-state index is 14.2. The molecule has 1 fully saturated rings. The number of hydrogen-bond acceptors (Lipinski definition) is 12. The number of hydrogen-bond donors (Lipinski definition) is 5. The van der Waals surface area contributed by atoms with Crippen LogP contribution in [-0.4, -0.2) is 118 Å². The first-order valence-electron chi connectivity index (χ1n) is 20.4. The molecule has 4 aromatic rings. The molecule has 18 heteroatoms. The Bertz CT molecular complexity index is 1980. The second-order valence-corrected chi connectivity index (χ2v) is 16.9. The summed E-state index contributed by atoms with van der Waals surface area (Å²) >= 11 is 3.02. The van der Waals surface area contributed by atoms with Gasteiger partial charge in [-0.15, -0.1) is 22.7 Å². The van der Waals surface area contributed by atoms with Gasteiger partial charge in [0.15, 0.2) is 0 Å². The Kier molecular flexibility index (Phi) is 21.0. The van der Waals surface area contributed by atoms with E-state index < -0.39 is 24.1 Å². The van der Waals surface area contributed by atoms with E-state index in [0.717, 1.165) is 39.8 Å². The number of thiazole rings is 2. The number of ether oxygens (including phenoxy) is 2. The van der Waals surface area contributed by atoms with Gasteiger partial charge in [-0.1, -0.05) is 74.5 Å². The highest BCUT2D eigenvalue weighted by Crippen LogP contribution is 2.20. The summed E-state index contributed by atoms with van der Waals surface area (Å²) in [6.07, 6.45) is 5.11. The maximum atomic E-state index is 14.2. The number of carboxylic acid groups (broad SMARTS) is 2. The van der Waals surface area contributed by atoms with Crippen molar-refractivity contribution < 1.29 is 43.7 Å². The van der Waals surface area contributed by atoms with Gasteiger partial charge in [0.2, 0.25) is 5.91 Å². The van der Waals surface area contributed by atoms with Crippen LogP contribution in [0.5, 0.6) is 0 Å². The van der Waals surface area contributed by atoms with Gasteiger partial charge in [-0.2, -0.15) is 0 Å². The highest BCUT2D eigenvalue weighted by Gasteiger charge is 2.27. The van der Waals surface area contributed by atoms with E-state index in [2.05, 4.69) is 44.7 Å². The molecule has 62 heavy (non-hydrogen) atoms. The lowest BCUT2D eigenvalue weighted by atomic mass is 9.95. The number of rotatable bonds is 21. The van der Waals surface area contributed by atoms with Gasteiger partial charge >= 0.3 is 24.1 Å². The second-order valence-electron chi connectivity index (χ2n) is 15.0. The number of aromatic nitrogens is 2. The van der Waals surface area contributed by atoms with Crippen LogP contribution in [0, 0.1) is 0 Å². The van der Waals surface area contributed by atoms with Gasteiger partial charge in [0.25, 0.3) is 0 Å². The number of carboxylic acids is 2. The fourth-order valence-corrected chi connectivity index (χ4v) is 7.72. The van der Waals surface area contributed by atoms with Crippen LogP contribution in [-0.2, 0) is 49.9 Å². The number of morpholine rings is 1. The molecule has 0 spiro atoms. The van der Waals surface area contributed by atoms with Crippen molar-refractivity contribution in [2.45, 2.75) is 83.1 Å². The van der Waals surface area contributed by atoms with Crippen LogP contribution < -0.4 is 16.0 Å². The third-order valence-corrected chi connectivity index (χ3v) is 11.6. The molecule has 16 nitrogen and oxygen atoms in total. The summed E-state index contributed by atoms with van der Waals surface area (Å²) in [4.78, 5) is 73.3. The molecule has 5 rings (SSSR count). The summed E-state index contributed by atoms with van der Waals surface area (Å²) in [6, 6.07) is 18.4. The van der Waals surface area contributed by atoms with Crippen LogP contribution in [0.4, 0.5) is 9.59 Å². The van der Waals surface area contributed by atoms with Gasteiger partial charge in [-0.25, -0.2) is 24.2 Å². The first-order chi connectivity index (χ1) is 29.8. The number of carbonyl (C=O) groups is 5. The van der Waals surface area contributed by atoms with Crippen LogP contribution in [0.25, 0.3) is 0 Å². The summed E-state index contributed by atoms with van der Waals surface area (Å²) in [5.74, 6) is -2.44. The molecule has 5 N–H and O–H groups in total. The molecule has 1 saturated heterocycles. The number of nitrogens with zero attached hydrogens (tertiary/aromatic N) is 4. The van der Waals surface area contributed by atoms with E-state index in [9.17, 15) is 24.0 Å². The monoisotopic (exact) mass is 891 g/mol. The average Bonchev–Trinajstić information content (AvgIpc) is 3.97. The fourth-order valence-electron chi connectivity index (χ4n) is 6.39. The molecule has 0 radical (unpaired) electrons. The molecule has 0 aliphatic carbocycles. The molecule has 0 saturated carbocycles. The van der Waals surface area contributed by atoms with Crippen molar-refractivity contribution in [3.8, 4) is 0 Å². The van der Waals surface area contributed by atoms with E-state index >= 15 is 0 Å². The van der Waals surface area contributed by atoms with E-state index in [1.54, 1.807) is 35.0 Å². The summed E-state index contributed by atoms with van der Waals surface area (Å²) in [6.45, 7) is 8.19. The first kappa shape index (κ1) is 49.0. The minimum atomic E-state index is -1.26. The minimum Gasteiger partial charge on any atom is -0.478 e. The smallest absolute Gasteiger partial charge is 0.407 e. The van der Waals surface area contributed by atoms with Crippen molar-refractivity contribution in [3.63, 3.8) is 0 Å². The molecule has 2 aromatic heterocycles. The average molecular weight is 892 g/mol. The number of carbonyl (C=O) groups excluding carboxylic acids is 3. The van der Waals surface area contributed by atoms with Crippen LogP contribution in [0.15, 0.2) is 89.9 Å². The Morgan fingerprint density at radius 3 is 1.98 bits per heavy atom. The molecule has 3 unspecified atom stereocenters. The molecule has 4 amide bonds. The maximum Gasteiger partial charge on any atom is 0.407 e. The van der Waals surface area contributed by atoms with Gasteiger partial charge in [-0.3, -0.25) is 14.7 Å². The Morgan fingerprint density at radius 2 is 1.45 bits per heavy atom. The second kappa shape index (κ2) is 26.6. The Hall–Kier alpha value is -5.69. The van der Waals surface area contributed by atoms with Crippen LogP contribution in [0.3, 0.4) is 0 Å². The van der Waals surface area contributed by atoms with Crippen molar-refractivity contribution in [3.05, 3.63) is 117 Å². The summed E-state index contributed by atoms with van der Waals surface area (Å²) in [5.41, 5.74) is 4.70. The van der Waals surface area contributed by atoms with Gasteiger partial charge in [0.1, 0.15) is 12.6 Å². The Morgan fingerprint density at radius 1 is 0.855 bits per heavy atom. The minimum absolute atomic E-state index is 0.150. The lowest BCUT2D eigenvalue weighted by Gasteiger charge is -2.30. The summed E-state index contributed by atoms with van der Waals surface area (Å²) in [5, 5.41) is 28.1. The molecule has 334 valence electrons. The summed E-state index contributed by atoms with van der Waals surface area (Å²) in [7, 11) is 1.72. The lowest BCUT2D eigenvalue weighted by molar-refractivity contribution is -0.134. The number of urea groups is 1. The number of amides is 4. The molecule has 3 atom stereocenters. The van der Waals surface area contributed by atoms with Crippen LogP contribution >= 0.6 is 22.7 Å². The third-order valence-electron chi connectivity index (χ3n) is 9.64. The molecule has 1 aliphatic rings. The van der Waals surface area contributed by atoms with Gasteiger partial charge < -0.3 is 40.5 Å². The molecular weight excluding hydrogens is 835 g/mol. The zero-order chi connectivity index (χ0) is 44.7. The largest absolute Gasteiger partial charge is 0.478 e. The highest BCUT2D eigenvalue weighted by atomic mass is 32.1. The summed E-state index contributed by atoms with van der Waals surface area (Å²) < 4.78 is 11.1. The standard InChI is InChI=1S/C40H53N7O5S2.C4H4O4/c1-29(2)38-43-34(27-53-38)25-46(3)39(49)45-36(16-17-47-18-20-51-21-19-47)37(48)42-32(22-30-10-6-4-7-11-30)14-15-33(23-31-12-8-5-9-13-31)44-40(50)52-26-35-24-41-28-54-35;5-3(6)1-2-4(7)8/h4-13,24,27-29,32-33,36H,14-23,25-26H2,1-3H3,(H,42,48)(H,44,50)(H,45,49);1-2H,(H,5,6)(H,7,8)/b;2-1+. The van der Waals surface area contributed by atoms with E-state index in [0.29, 0.717) is 76.5 Å². The van der Waals surface area contributed by atoms with Crippen molar-refractivity contribution in [2.75, 3.05) is 39.9 Å². The highest BCUT2D eigenvalue weighted by molar-refractivity contribution is 7.09. The normalized spacial score (nSPS) is 14.2. The molecule has 2 aromatic carbocycles. The molecule has 0 bridgehead atoms. The van der Waals surface area contributed by atoms with Crippen molar-refractivity contribution in [2.24, 2.45) is 0 Å².